The fraction of sp³-hybridized carbons (Fsp3) is 0.500. The van der Waals surface area contributed by atoms with Crippen molar-refractivity contribution in [2.45, 2.75) is 31.6 Å². The molecule has 2 aromatic rings. The number of nitrogens with one attached hydrogen (secondary N) is 1. The number of rotatable bonds is 9. The molecule has 1 atom stereocenters. The highest BCUT2D eigenvalue weighted by molar-refractivity contribution is 5.85. The standard InChI is InChI=1S/C26H34N2O5.ClH/c1-30-22-12-17-6-9-28(10-7-18(17)13-23(22)31-2)26(29)5-8-27-16-20-11-19-14-24(32-3)25(33-4)15-21(19)20;/h12-15,20,27H,5-11,16H2,1-4H3;1H/t20-;/m1./s1. The van der Waals surface area contributed by atoms with Crippen molar-refractivity contribution in [3.8, 4) is 23.0 Å². The van der Waals surface area contributed by atoms with Crippen molar-refractivity contribution in [3.63, 3.8) is 0 Å². The molecule has 0 fully saturated rings. The zero-order chi connectivity index (χ0) is 23.4. The van der Waals surface area contributed by atoms with Gasteiger partial charge in [0, 0.05) is 38.5 Å². The summed E-state index contributed by atoms with van der Waals surface area (Å²) >= 11 is 0. The Balaban J connectivity index is 0.00000324. The summed E-state index contributed by atoms with van der Waals surface area (Å²) in [5.74, 6) is 3.70. The van der Waals surface area contributed by atoms with Gasteiger partial charge in [-0.3, -0.25) is 4.79 Å². The summed E-state index contributed by atoms with van der Waals surface area (Å²) in [5.41, 5.74) is 5.09. The molecule has 8 heteroatoms. The van der Waals surface area contributed by atoms with Gasteiger partial charge in [0.1, 0.15) is 0 Å². The first kappa shape index (κ1) is 26.0. The van der Waals surface area contributed by atoms with Gasteiger partial charge >= 0.3 is 0 Å². The second kappa shape index (κ2) is 11.7. The lowest BCUT2D eigenvalue weighted by molar-refractivity contribution is -0.131. The predicted molar refractivity (Wildman–Crippen MR) is 134 cm³/mol. The minimum Gasteiger partial charge on any atom is -0.493 e. The van der Waals surface area contributed by atoms with Crippen molar-refractivity contribution in [2.75, 3.05) is 54.6 Å². The van der Waals surface area contributed by atoms with Crippen LogP contribution >= 0.6 is 12.4 Å². The molecule has 1 aliphatic heterocycles. The summed E-state index contributed by atoms with van der Waals surface area (Å²) in [5, 5.41) is 3.47. The normalized spacial score (nSPS) is 16.2. The van der Waals surface area contributed by atoms with E-state index < -0.39 is 0 Å². The van der Waals surface area contributed by atoms with E-state index in [-0.39, 0.29) is 18.3 Å². The quantitative estimate of drug-likeness (QED) is 0.543. The number of halogens is 1. The Kier molecular flexibility index (Phi) is 8.91. The molecule has 0 spiro atoms. The number of ether oxygens (including phenoxy) is 4. The third-order valence-electron chi connectivity index (χ3n) is 6.82. The van der Waals surface area contributed by atoms with Crippen LogP contribution in [0.25, 0.3) is 0 Å². The monoisotopic (exact) mass is 490 g/mol. The second-order valence-electron chi connectivity index (χ2n) is 8.62. The first-order valence-corrected chi connectivity index (χ1v) is 11.5. The summed E-state index contributed by atoms with van der Waals surface area (Å²) < 4.78 is 21.7. The van der Waals surface area contributed by atoms with Gasteiger partial charge in [-0.2, -0.15) is 0 Å². The lowest BCUT2D eigenvalue weighted by Crippen LogP contribution is -2.36. The number of carbonyl (C=O) groups excluding carboxylic acids is 1. The van der Waals surface area contributed by atoms with E-state index in [0.29, 0.717) is 18.9 Å². The fourth-order valence-electron chi connectivity index (χ4n) is 4.85. The van der Waals surface area contributed by atoms with Gasteiger partial charge in [0.15, 0.2) is 23.0 Å². The van der Waals surface area contributed by atoms with Crippen molar-refractivity contribution in [1.29, 1.82) is 0 Å². The van der Waals surface area contributed by atoms with E-state index in [0.717, 1.165) is 61.9 Å². The van der Waals surface area contributed by atoms with Gasteiger partial charge < -0.3 is 29.2 Å². The van der Waals surface area contributed by atoms with E-state index in [1.165, 1.54) is 22.3 Å². The molecule has 2 aliphatic rings. The zero-order valence-electron chi connectivity index (χ0n) is 20.4. The van der Waals surface area contributed by atoms with Gasteiger partial charge in [-0.15, -0.1) is 12.4 Å². The maximum Gasteiger partial charge on any atom is 0.223 e. The van der Waals surface area contributed by atoms with Crippen molar-refractivity contribution < 1.29 is 23.7 Å². The molecule has 0 aromatic heterocycles. The van der Waals surface area contributed by atoms with Crippen molar-refractivity contribution >= 4 is 18.3 Å². The van der Waals surface area contributed by atoms with Gasteiger partial charge in [-0.1, -0.05) is 0 Å². The molecular weight excluding hydrogens is 456 g/mol. The lowest BCUT2D eigenvalue weighted by atomic mass is 9.77. The number of fused-ring (bicyclic) bond motifs is 2. The highest BCUT2D eigenvalue weighted by Crippen LogP contribution is 2.42. The Labute approximate surface area is 208 Å². The molecule has 1 heterocycles. The van der Waals surface area contributed by atoms with Crippen molar-refractivity contribution in [2.24, 2.45) is 0 Å². The number of carbonyl (C=O) groups is 1. The summed E-state index contributed by atoms with van der Waals surface area (Å²) in [6.07, 6.45) is 3.19. The molecular formula is C26H35ClN2O5. The lowest BCUT2D eigenvalue weighted by Gasteiger charge is -2.31. The van der Waals surface area contributed by atoms with E-state index in [9.17, 15) is 4.79 Å². The first-order chi connectivity index (χ1) is 16.1. The van der Waals surface area contributed by atoms with Gasteiger partial charge in [-0.05, 0) is 65.8 Å². The SMILES string of the molecule is COc1cc2c(cc1OC)CCN(C(=O)CCNC[C@H]1Cc3cc(OC)c(OC)cc31)CC2.Cl. The Hall–Kier alpha value is -2.64. The zero-order valence-corrected chi connectivity index (χ0v) is 21.3. The summed E-state index contributed by atoms with van der Waals surface area (Å²) in [4.78, 5) is 14.8. The van der Waals surface area contributed by atoms with E-state index in [2.05, 4.69) is 17.4 Å². The van der Waals surface area contributed by atoms with Crippen LogP contribution in [0.4, 0.5) is 0 Å². The molecule has 2 aromatic carbocycles. The highest BCUT2D eigenvalue weighted by Gasteiger charge is 2.28. The molecule has 4 rings (SSSR count). The largest absolute Gasteiger partial charge is 0.493 e. The maximum atomic E-state index is 12.8. The van der Waals surface area contributed by atoms with Crippen LogP contribution in [0, 0.1) is 0 Å². The van der Waals surface area contributed by atoms with Gasteiger partial charge in [0.05, 0.1) is 28.4 Å². The van der Waals surface area contributed by atoms with Gasteiger partial charge in [0.2, 0.25) is 5.91 Å². The average molecular weight is 491 g/mol. The van der Waals surface area contributed by atoms with E-state index in [1.54, 1.807) is 28.4 Å². The van der Waals surface area contributed by atoms with Crippen LogP contribution in [0.3, 0.4) is 0 Å². The second-order valence-corrected chi connectivity index (χ2v) is 8.62. The minimum atomic E-state index is 0. The fourth-order valence-corrected chi connectivity index (χ4v) is 4.85. The number of hydrogen-bond donors (Lipinski definition) is 1. The third kappa shape index (κ3) is 5.36. The van der Waals surface area contributed by atoms with Gasteiger partial charge in [-0.25, -0.2) is 0 Å². The number of benzene rings is 2. The molecule has 34 heavy (non-hydrogen) atoms. The van der Waals surface area contributed by atoms with Crippen LogP contribution in [0.15, 0.2) is 24.3 Å². The van der Waals surface area contributed by atoms with Crippen LogP contribution in [-0.2, 0) is 24.1 Å². The molecule has 0 unspecified atom stereocenters. The summed E-state index contributed by atoms with van der Waals surface area (Å²) in [6, 6.07) is 8.24. The van der Waals surface area contributed by atoms with Crippen LogP contribution in [0.2, 0.25) is 0 Å². The third-order valence-corrected chi connectivity index (χ3v) is 6.82. The Morgan fingerprint density at radius 2 is 1.35 bits per heavy atom. The van der Waals surface area contributed by atoms with Gasteiger partial charge in [0.25, 0.3) is 0 Å². The van der Waals surface area contributed by atoms with E-state index in [4.69, 9.17) is 18.9 Å². The van der Waals surface area contributed by atoms with Crippen molar-refractivity contribution in [3.05, 3.63) is 46.5 Å². The van der Waals surface area contributed by atoms with Crippen LogP contribution in [0.5, 0.6) is 23.0 Å². The molecule has 186 valence electrons. The number of nitrogens with zero attached hydrogens (tertiary/aromatic N) is 1. The molecule has 0 saturated carbocycles. The number of methoxy groups -OCH3 is 4. The predicted octanol–water partition coefficient (Wildman–Crippen LogP) is 3.39. The molecule has 0 bridgehead atoms. The average Bonchev–Trinajstić information content (AvgIpc) is 3.04. The number of amides is 1. The highest BCUT2D eigenvalue weighted by atomic mass is 35.5. The first-order valence-electron chi connectivity index (χ1n) is 11.5. The van der Waals surface area contributed by atoms with Crippen molar-refractivity contribution in [1.82, 2.24) is 10.2 Å². The summed E-state index contributed by atoms with van der Waals surface area (Å²) in [6.45, 7) is 3.02. The molecule has 1 amide bonds. The Morgan fingerprint density at radius 3 is 1.88 bits per heavy atom. The summed E-state index contributed by atoms with van der Waals surface area (Å²) in [7, 11) is 6.63. The van der Waals surface area contributed by atoms with Crippen LogP contribution in [0.1, 0.15) is 34.6 Å². The molecule has 7 nitrogen and oxygen atoms in total. The molecule has 0 radical (unpaired) electrons. The van der Waals surface area contributed by atoms with E-state index in [1.807, 2.05) is 17.0 Å². The minimum absolute atomic E-state index is 0. The van der Waals surface area contributed by atoms with Crippen LogP contribution in [-0.4, -0.2) is 65.4 Å². The van der Waals surface area contributed by atoms with Crippen LogP contribution < -0.4 is 24.3 Å². The molecule has 1 aliphatic carbocycles. The smallest absolute Gasteiger partial charge is 0.223 e. The Morgan fingerprint density at radius 1 is 0.853 bits per heavy atom. The molecule has 0 saturated heterocycles. The maximum absolute atomic E-state index is 12.8. The van der Waals surface area contributed by atoms with E-state index >= 15 is 0 Å². The Bertz CT molecular complexity index is 978. The topological polar surface area (TPSA) is 69.3 Å². The number of hydrogen-bond acceptors (Lipinski definition) is 6. The molecule has 1 N–H and O–H groups in total.